The molecule has 13 heavy (non-hydrogen) atoms. The van der Waals surface area contributed by atoms with Gasteiger partial charge in [0.05, 0.1) is 5.36 Å². The van der Waals surface area contributed by atoms with E-state index in [2.05, 4.69) is 0 Å². The molecule has 0 fully saturated rings. The lowest BCUT2D eigenvalue weighted by Crippen LogP contribution is -2.12. The fourth-order valence-corrected chi connectivity index (χ4v) is 0.952. The number of hydrogen-bond donors (Lipinski definition) is 2. The normalized spacial score (nSPS) is 9.92. The number of aliphatic hydroxyl groups is 1. The maximum atomic E-state index is 11.3. The average molecular weight is 180 g/mol. The number of nitrogens with zero attached hydrogens (tertiary/aromatic N) is 1. The first-order chi connectivity index (χ1) is 6.24. The molecule has 1 aromatic rings. The molecule has 1 heterocycles. The Labute approximate surface area is 76.0 Å². The van der Waals surface area contributed by atoms with Crippen LogP contribution in [-0.4, -0.2) is 22.2 Å². The van der Waals surface area contributed by atoms with Gasteiger partial charge in [0, 0.05) is 25.4 Å². The molecule has 0 spiro atoms. The van der Waals surface area contributed by atoms with Gasteiger partial charge >= 0.3 is 0 Å². The molecule has 0 radical (unpaired) electrons. The molecule has 0 saturated heterocycles. The van der Waals surface area contributed by atoms with Crippen molar-refractivity contribution in [3.05, 3.63) is 29.9 Å². The van der Waals surface area contributed by atoms with Crippen molar-refractivity contribution < 1.29 is 9.90 Å². The van der Waals surface area contributed by atoms with Crippen LogP contribution in [-0.2, 0) is 0 Å². The molecule has 0 saturated carbocycles. The highest BCUT2D eigenvalue weighted by atomic mass is 16.3. The van der Waals surface area contributed by atoms with Crippen molar-refractivity contribution >= 4 is 5.91 Å². The first-order valence-corrected chi connectivity index (χ1v) is 4.11. The summed E-state index contributed by atoms with van der Waals surface area (Å²) >= 11 is 0. The van der Waals surface area contributed by atoms with Gasteiger partial charge in [-0.2, -0.15) is 0 Å². The number of carbonyl (C=O) groups excluding carboxylic acids is 1. The number of rotatable bonds is 3. The third-order valence-electron chi connectivity index (χ3n) is 1.67. The van der Waals surface area contributed by atoms with E-state index >= 15 is 0 Å². The largest absolute Gasteiger partial charge is 0.396 e. The predicted octanol–water partition coefficient (Wildman–Crippen LogP) is 0.380. The van der Waals surface area contributed by atoms with Crippen LogP contribution in [0.4, 0.5) is 0 Å². The van der Waals surface area contributed by atoms with Gasteiger partial charge < -0.3 is 10.5 Å². The van der Waals surface area contributed by atoms with Gasteiger partial charge in [-0.25, -0.2) is 0 Å². The van der Waals surface area contributed by atoms with E-state index in [1.165, 1.54) is 4.57 Å². The monoisotopic (exact) mass is 180 g/mol. The van der Waals surface area contributed by atoms with Crippen LogP contribution in [0.5, 0.6) is 0 Å². The predicted molar refractivity (Wildman–Crippen MR) is 47.2 cm³/mol. The molecule has 0 unspecified atom stereocenters. The standard InChI is InChI=1S/C9H12N2O2/c10-8-3-5-11(6-4-8)9(13)2-1-7-12/h3-6,10,12H,1-2,7H2. The van der Waals surface area contributed by atoms with Gasteiger partial charge in [0.25, 0.3) is 0 Å². The Morgan fingerprint density at radius 1 is 1.46 bits per heavy atom. The second-order valence-corrected chi connectivity index (χ2v) is 2.71. The minimum Gasteiger partial charge on any atom is -0.396 e. The Balaban J connectivity index is 2.66. The van der Waals surface area contributed by atoms with E-state index < -0.39 is 0 Å². The van der Waals surface area contributed by atoms with Crippen molar-refractivity contribution in [1.29, 1.82) is 5.41 Å². The maximum absolute atomic E-state index is 11.3. The number of nitrogens with one attached hydrogen (secondary N) is 1. The number of aliphatic hydroxyl groups excluding tert-OH is 1. The molecule has 0 bridgehead atoms. The van der Waals surface area contributed by atoms with Gasteiger partial charge in [-0.15, -0.1) is 0 Å². The van der Waals surface area contributed by atoms with Gasteiger partial charge in [-0.3, -0.25) is 9.36 Å². The van der Waals surface area contributed by atoms with Gasteiger partial charge in [-0.05, 0) is 18.6 Å². The van der Waals surface area contributed by atoms with Crippen molar-refractivity contribution in [1.82, 2.24) is 4.57 Å². The molecule has 70 valence electrons. The molecule has 0 aliphatic heterocycles. The van der Waals surface area contributed by atoms with Gasteiger partial charge in [-0.1, -0.05) is 0 Å². The Morgan fingerprint density at radius 3 is 2.62 bits per heavy atom. The molecule has 4 nitrogen and oxygen atoms in total. The zero-order valence-electron chi connectivity index (χ0n) is 7.23. The Hall–Kier alpha value is -1.42. The summed E-state index contributed by atoms with van der Waals surface area (Å²) in [5, 5.41) is 16.1. The average Bonchev–Trinajstić information content (AvgIpc) is 2.15. The molecule has 0 aliphatic carbocycles. The van der Waals surface area contributed by atoms with Gasteiger partial charge in [0.1, 0.15) is 0 Å². The highest BCUT2D eigenvalue weighted by Crippen LogP contribution is 1.93. The van der Waals surface area contributed by atoms with Crippen LogP contribution >= 0.6 is 0 Å². The van der Waals surface area contributed by atoms with Crippen molar-refractivity contribution in [3.8, 4) is 0 Å². The number of pyridine rings is 1. The fraction of sp³-hybridized carbons (Fsp3) is 0.333. The minimum absolute atomic E-state index is 0.0306. The van der Waals surface area contributed by atoms with E-state index in [1.807, 2.05) is 0 Å². The minimum atomic E-state index is -0.0611. The van der Waals surface area contributed by atoms with Crippen LogP contribution in [0.25, 0.3) is 0 Å². The van der Waals surface area contributed by atoms with Crippen molar-refractivity contribution in [3.63, 3.8) is 0 Å². The molecule has 1 rings (SSSR count). The zero-order valence-corrected chi connectivity index (χ0v) is 7.23. The summed E-state index contributed by atoms with van der Waals surface area (Å²) in [5.41, 5.74) is 0. The molecule has 0 aromatic carbocycles. The summed E-state index contributed by atoms with van der Waals surface area (Å²) < 4.78 is 1.42. The highest BCUT2D eigenvalue weighted by Gasteiger charge is 2.00. The Morgan fingerprint density at radius 2 is 2.08 bits per heavy atom. The summed E-state index contributed by atoms with van der Waals surface area (Å²) in [6.07, 6.45) is 3.93. The fourth-order valence-electron chi connectivity index (χ4n) is 0.952. The summed E-state index contributed by atoms with van der Waals surface area (Å²) in [6, 6.07) is 3.10. The van der Waals surface area contributed by atoms with E-state index in [9.17, 15) is 4.79 Å². The van der Waals surface area contributed by atoms with E-state index in [0.717, 1.165) is 0 Å². The van der Waals surface area contributed by atoms with Gasteiger partial charge in [0.2, 0.25) is 5.91 Å². The number of carbonyl (C=O) groups is 1. The molecule has 0 aliphatic rings. The lowest BCUT2D eigenvalue weighted by Gasteiger charge is -2.02. The molecule has 1 aromatic heterocycles. The summed E-state index contributed by atoms with van der Waals surface area (Å²) in [7, 11) is 0. The van der Waals surface area contributed by atoms with Crippen LogP contribution in [0, 0.1) is 5.41 Å². The Bertz CT molecular complexity index is 323. The van der Waals surface area contributed by atoms with Crippen LogP contribution < -0.4 is 5.36 Å². The smallest absolute Gasteiger partial charge is 0.230 e. The van der Waals surface area contributed by atoms with Crippen LogP contribution in [0.2, 0.25) is 0 Å². The molecule has 4 heteroatoms. The highest BCUT2D eigenvalue weighted by molar-refractivity contribution is 5.78. The number of aromatic nitrogens is 1. The van der Waals surface area contributed by atoms with Gasteiger partial charge in [0.15, 0.2) is 0 Å². The number of hydrogen-bond acceptors (Lipinski definition) is 3. The van der Waals surface area contributed by atoms with Crippen LogP contribution in [0.1, 0.15) is 17.6 Å². The SMILES string of the molecule is N=c1ccn(C(=O)CCCO)cc1. The molecule has 0 atom stereocenters. The second-order valence-electron chi connectivity index (χ2n) is 2.71. The van der Waals surface area contributed by atoms with Crippen molar-refractivity contribution in [2.24, 2.45) is 0 Å². The van der Waals surface area contributed by atoms with E-state index in [1.54, 1.807) is 24.5 Å². The maximum Gasteiger partial charge on any atom is 0.230 e. The first kappa shape index (κ1) is 9.67. The molecule has 2 N–H and O–H groups in total. The Kier molecular flexibility index (Phi) is 3.40. The first-order valence-electron chi connectivity index (χ1n) is 4.11. The van der Waals surface area contributed by atoms with E-state index in [-0.39, 0.29) is 12.5 Å². The molecular weight excluding hydrogens is 168 g/mol. The third-order valence-corrected chi connectivity index (χ3v) is 1.67. The van der Waals surface area contributed by atoms with Crippen molar-refractivity contribution in [2.45, 2.75) is 12.8 Å². The lowest BCUT2D eigenvalue weighted by atomic mass is 10.3. The van der Waals surface area contributed by atoms with Crippen molar-refractivity contribution in [2.75, 3.05) is 6.61 Å². The zero-order chi connectivity index (χ0) is 9.68. The topological polar surface area (TPSA) is 66.1 Å². The quantitative estimate of drug-likeness (QED) is 0.706. The second kappa shape index (κ2) is 4.57. The molecular formula is C9H12N2O2. The summed E-state index contributed by atoms with van der Waals surface area (Å²) in [4.78, 5) is 11.3. The lowest BCUT2D eigenvalue weighted by molar-refractivity contribution is 0.0890. The summed E-state index contributed by atoms with van der Waals surface area (Å²) in [5.74, 6) is -0.0611. The van der Waals surface area contributed by atoms with E-state index in [0.29, 0.717) is 18.2 Å². The molecule has 0 amide bonds. The van der Waals surface area contributed by atoms with E-state index in [4.69, 9.17) is 10.5 Å². The summed E-state index contributed by atoms with van der Waals surface area (Å²) in [6.45, 7) is 0.0306. The van der Waals surface area contributed by atoms with Crippen LogP contribution in [0.15, 0.2) is 24.5 Å². The van der Waals surface area contributed by atoms with Crippen LogP contribution in [0.3, 0.4) is 0 Å². The third kappa shape index (κ3) is 2.83.